The molecule has 0 aliphatic rings. The van der Waals surface area contributed by atoms with E-state index in [0.29, 0.717) is 17.1 Å². The van der Waals surface area contributed by atoms with Gasteiger partial charge in [0.25, 0.3) is 5.91 Å². The summed E-state index contributed by atoms with van der Waals surface area (Å²) in [5.41, 5.74) is 12.6. The molecule has 6 heteroatoms. The van der Waals surface area contributed by atoms with Gasteiger partial charge in [0.05, 0.1) is 11.3 Å². The molecule has 0 aliphatic heterocycles. The maximum Gasteiger partial charge on any atom is 0.323 e. The van der Waals surface area contributed by atoms with Crippen LogP contribution < -0.4 is 22.1 Å². The highest BCUT2D eigenvalue weighted by molar-refractivity contribution is 6.06. The van der Waals surface area contributed by atoms with E-state index >= 15 is 0 Å². The second-order valence-electron chi connectivity index (χ2n) is 4.11. The van der Waals surface area contributed by atoms with E-state index in [0.717, 1.165) is 0 Å². The number of nitrogens with two attached hydrogens (primary N) is 2. The van der Waals surface area contributed by atoms with E-state index in [1.807, 2.05) is 0 Å². The van der Waals surface area contributed by atoms with Gasteiger partial charge in [0, 0.05) is 11.4 Å². The zero-order chi connectivity index (χ0) is 14.5. The molecule has 0 spiro atoms. The minimum absolute atomic E-state index is 0.250. The molecule has 102 valence electrons. The van der Waals surface area contributed by atoms with Crippen molar-refractivity contribution in [1.82, 2.24) is 0 Å². The molecule has 0 fully saturated rings. The number of carbonyl (C=O) groups is 2. The van der Waals surface area contributed by atoms with Gasteiger partial charge in [-0.1, -0.05) is 12.1 Å². The highest BCUT2D eigenvalue weighted by Crippen LogP contribution is 2.15. The molecule has 0 unspecified atom stereocenters. The molecule has 3 amide bonds. The molecular weight excluding hydrogens is 256 g/mol. The molecule has 2 aromatic rings. The molecule has 0 aromatic heterocycles. The van der Waals surface area contributed by atoms with Crippen LogP contribution in [0, 0.1) is 0 Å². The molecule has 0 radical (unpaired) electrons. The third-order valence-electron chi connectivity index (χ3n) is 2.61. The highest BCUT2D eigenvalue weighted by Gasteiger charge is 2.10. The monoisotopic (exact) mass is 270 g/mol. The SMILES string of the molecule is NC(=O)c1ccccc1NC(=O)Nc1ccc(N)cc1. The number of hydrogen-bond acceptors (Lipinski definition) is 3. The van der Waals surface area contributed by atoms with Crippen LogP contribution in [0.3, 0.4) is 0 Å². The Morgan fingerprint density at radius 1 is 0.900 bits per heavy atom. The third-order valence-corrected chi connectivity index (χ3v) is 2.61. The van der Waals surface area contributed by atoms with Gasteiger partial charge in [-0.15, -0.1) is 0 Å². The first-order valence-corrected chi connectivity index (χ1v) is 5.88. The van der Waals surface area contributed by atoms with Crippen LogP contribution in [0.1, 0.15) is 10.4 Å². The molecule has 2 rings (SSSR count). The van der Waals surface area contributed by atoms with E-state index in [2.05, 4.69) is 10.6 Å². The topological polar surface area (TPSA) is 110 Å². The summed E-state index contributed by atoms with van der Waals surface area (Å²) < 4.78 is 0. The fourth-order valence-corrected chi connectivity index (χ4v) is 1.66. The number of carbonyl (C=O) groups excluding carboxylic acids is 2. The van der Waals surface area contributed by atoms with Crippen LogP contribution in [-0.4, -0.2) is 11.9 Å². The summed E-state index contributed by atoms with van der Waals surface area (Å²) in [5, 5.41) is 5.20. The lowest BCUT2D eigenvalue weighted by molar-refractivity contribution is 0.100. The number of amides is 3. The Kier molecular flexibility index (Phi) is 3.85. The van der Waals surface area contributed by atoms with E-state index in [4.69, 9.17) is 11.5 Å². The number of anilines is 3. The maximum absolute atomic E-state index is 11.8. The molecule has 0 atom stereocenters. The predicted octanol–water partition coefficient (Wildman–Crippen LogP) is 2.01. The Hall–Kier alpha value is -3.02. The van der Waals surface area contributed by atoms with Crippen molar-refractivity contribution < 1.29 is 9.59 Å². The minimum atomic E-state index is -0.603. The van der Waals surface area contributed by atoms with Gasteiger partial charge in [0.1, 0.15) is 0 Å². The maximum atomic E-state index is 11.8. The van der Waals surface area contributed by atoms with Gasteiger partial charge >= 0.3 is 6.03 Å². The highest BCUT2D eigenvalue weighted by atomic mass is 16.2. The summed E-state index contributed by atoms with van der Waals surface area (Å²) in [6.45, 7) is 0. The van der Waals surface area contributed by atoms with E-state index in [9.17, 15) is 9.59 Å². The molecule has 0 saturated carbocycles. The zero-order valence-corrected chi connectivity index (χ0v) is 10.6. The van der Waals surface area contributed by atoms with E-state index in [-0.39, 0.29) is 5.56 Å². The van der Waals surface area contributed by atoms with Gasteiger partial charge in [0.15, 0.2) is 0 Å². The first kappa shape index (κ1) is 13.4. The Balaban J connectivity index is 2.08. The number of rotatable bonds is 3. The van der Waals surface area contributed by atoms with Crippen molar-refractivity contribution in [3.63, 3.8) is 0 Å². The van der Waals surface area contributed by atoms with Gasteiger partial charge in [0.2, 0.25) is 0 Å². The Labute approximate surface area is 115 Å². The number of primary amides is 1. The largest absolute Gasteiger partial charge is 0.399 e. The van der Waals surface area contributed by atoms with Crippen molar-refractivity contribution in [3.8, 4) is 0 Å². The molecule has 6 N–H and O–H groups in total. The van der Waals surface area contributed by atoms with Crippen molar-refractivity contribution in [2.24, 2.45) is 5.73 Å². The number of nitrogen functional groups attached to an aromatic ring is 1. The minimum Gasteiger partial charge on any atom is -0.399 e. The lowest BCUT2D eigenvalue weighted by atomic mass is 10.1. The summed E-state index contributed by atoms with van der Waals surface area (Å²) in [5.74, 6) is -0.603. The standard InChI is InChI=1S/C14H14N4O2/c15-9-5-7-10(8-6-9)17-14(20)18-12-4-2-1-3-11(12)13(16)19/h1-8H,15H2,(H2,16,19)(H2,17,18,20). The van der Waals surface area contributed by atoms with Crippen LogP contribution in [0.4, 0.5) is 21.9 Å². The van der Waals surface area contributed by atoms with Gasteiger partial charge in [-0.3, -0.25) is 4.79 Å². The predicted molar refractivity (Wildman–Crippen MR) is 78.5 cm³/mol. The molecule has 0 heterocycles. The van der Waals surface area contributed by atoms with Crippen molar-refractivity contribution in [1.29, 1.82) is 0 Å². The summed E-state index contributed by atoms with van der Waals surface area (Å²) in [6.07, 6.45) is 0. The average Bonchev–Trinajstić information content (AvgIpc) is 2.41. The van der Waals surface area contributed by atoms with Crippen LogP contribution >= 0.6 is 0 Å². The number of para-hydroxylation sites is 1. The Morgan fingerprint density at radius 3 is 2.20 bits per heavy atom. The smallest absolute Gasteiger partial charge is 0.323 e. The Bertz CT molecular complexity index is 638. The molecule has 2 aromatic carbocycles. The van der Waals surface area contributed by atoms with E-state index < -0.39 is 11.9 Å². The average molecular weight is 270 g/mol. The second-order valence-corrected chi connectivity index (χ2v) is 4.11. The number of nitrogens with one attached hydrogen (secondary N) is 2. The van der Waals surface area contributed by atoms with Crippen LogP contribution in [-0.2, 0) is 0 Å². The molecule has 20 heavy (non-hydrogen) atoms. The lowest BCUT2D eigenvalue weighted by Gasteiger charge is -2.10. The fraction of sp³-hybridized carbons (Fsp3) is 0. The number of urea groups is 1. The van der Waals surface area contributed by atoms with Crippen molar-refractivity contribution in [2.45, 2.75) is 0 Å². The Morgan fingerprint density at radius 2 is 1.55 bits per heavy atom. The quantitative estimate of drug-likeness (QED) is 0.640. The first-order valence-electron chi connectivity index (χ1n) is 5.88. The van der Waals surface area contributed by atoms with E-state index in [1.165, 1.54) is 0 Å². The normalized spacial score (nSPS) is 9.80. The van der Waals surface area contributed by atoms with Crippen LogP contribution in [0.15, 0.2) is 48.5 Å². The van der Waals surface area contributed by atoms with Gasteiger partial charge in [-0.2, -0.15) is 0 Å². The van der Waals surface area contributed by atoms with Crippen molar-refractivity contribution in [2.75, 3.05) is 16.4 Å². The number of hydrogen-bond donors (Lipinski definition) is 4. The third kappa shape index (κ3) is 3.26. The lowest BCUT2D eigenvalue weighted by Crippen LogP contribution is -2.22. The van der Waals surface area contributed by atoms with Gasteiger partial charge in [-0.05, 0) is 36.4 Å². The summed E-state index contributed by atoms with van der Waals surface area (Å²) in [4.78, 5) is 23.1. The fourth-order valence-electron chi connectivity index (χ4n) is 1.66. The summed E-state index contributed by atoms with van der Waals surface area (Å²) in [6, 6.07) is 12.7. The second kappa shape index (κ2) is 5.75. The van der Waals surface area contributed by atoms with Crippen molar-refractivity contribution in [3.05, 3.63) is 54.1 Å². The molecular formula is C14H14N4O2. The molecule has 0 bridgehead atoms. The number of benzene rings is 2. The molecule has 0 aliphatic carbocycles. The summed E-state index contributed by atoms with van der Waals surface area (Å²) in [7, 11) is 0. The molecule has 6 nitrogen and oxygen atoms in total. The zero-order valence-electron chi connectivity index (χ0n) is 10.6. The van der Waals surface area contributed by atoms with E-state index in [1.54, 1.807) is 48.5 Å². The van der Waals surface area contributed by atoms with Gasteiger partial charge in [-0.25, -0.2) is 4.79 Å². The summed E-state index contributed by atoms with van der Waals surface area (Å²) >= 11 is 0. The van der Waals surface area contributed by atoms with Crippen LogP contribution in [0.2, 0.25) is 0 Å². The van der Waals surface area contributed by atoms with Gasteiger partial charge < -0.3 is 22.1 Å². The van der Waals surface area contributed by atoms with Crippen LogP contribution in [0.5, 0.6) is 0 Å². The van der Waals surface area contributed by atoms with Crippen molar-refractivity contribution >= 4 is 29.0 Å². The molecule has 0 saturated heterocycles. The first-order chi connectivity index (χ1) is 9.56. The van der Waals surface area contributed by atoms with Crippen LogP contribution in [0.25, 0.3) is 0 Å².